The number of nitrogens with one attached hydrogen (secondary N) is 1. The van der Waals surface area contributed by atoms with Gasteiger partial charge in [-0.05, 0) is 31.5 Å². The molecule has 0 saturated heterocycles. The largest absolute Gasteiger partial charge is 0.464 e. The zero-order chi connectivity index (χ0) is 20.3. The highest BCUT2D eigenvalue weighted by Crippen LogP contribution is 2.29. The van der Waals surface area contributed by atoms with Crippen LogP contribution in [-0.2, 0) is 15.7 Å². The van der Waals surface area contributed by atoms with Crippen molar-refractivity contribution in [1.82, 2.24) is 5.32 Å². The molecular weight excluding hydrogens is 359 g/mol. The molecule has 0 radical (unpaired) electrons. The molecule has 7 heteroatoms. The Bertz CT molecular complexity index is 602. The van der Waals surface area contributed by atoms with Crippen LogP contribution in [0.4, 0.5) is 13.2 Å². The molecule has 1 N–H and O–H groups in total. The summed E-state index contributed by atoms with van der Waals surface area (Å²) in [6.45, 7) is 3.88. The SMILES string of the molecule is CCCCCCCCCOC(=O)C(C)NC(=O)c1cccc(C(F)(F)F)c1. The Morgan fingerprint density at radius 2 is 1.70 bits per heavy atom. The van der Waals surface area contributed by atoms with Gasteiger partial charge in [-0.2, -0.15) is 13.2 Å². The molecule has 0 heterocycles. The lowest BCUT2D eigenvalue weighted by atomic mass is 10.1. The van der Waals surface area contributed by atoms with E-state index in [1.54, 1.807) is 0 Å². The summed E-state index contributed by atoms with van der Waals surface area (Å²) >= 11 is 0. The lowest BCUT2D eigenvalue weighted by molar-refractivity contribution is -0.145. The molecule has 1 rings (SSSR count). The van der Waals surface area contributed by atoms with Crippen LogP contribution in [0, 0.1) is 0 Å². The van der Waals surface area contributed by atoms with Crippen LogP contribution >= 0.6 is 0 Å². The highest BCUT2D eigenvalue weighted by Gasteiger charge is 2.31. The molecule has 1 amide bonds. The van der Waals surface area contributed by atoms with E-state index in [4.69, 9.17) is 4.74 Å². The first-order valence-corrected chi connectivity index (χ1v) is 9.40. The molecule has 0 aromatic heterocycles. The Hall–Kier alpha value is -2.05. The van der Waals surface area contributed by atoms with E-state index >= 15 is 0 Å². The van der Waals surface area contributed by atoms with E-state index in [1.807, 2.05) is 0 Å². The molecule has 1 aromatic carbocycles. The van der Waals surface area contributed by atoms with Crippen molar-refractivity contribution in [3.63, 3.8) is 0 Å². The van der Waals surface area contributed by atoms with E-state index in [1.165, 1.54) is 38.7 Å². The van der Waals surface area contributed by atoms with Crippen molar-refractivity contribution < 1.29 is 27.5 Å². The minimum atomic E-state index is -4.53. The normalized spacial score (nSPS) is 12.5. The lowest BCUT2D eigenvalue weighted by Gasteiger charge is -2.14. The molecule has 27 heavy (non-hydrogen) atoms. The fourth-order valence-electron chi connectivity index (χ4n) is 2.53. The number of hydrogen-bond acceptors (Lipinski definition) is 3. The topological polar surface area (TPSA) is 55.4 Å². The molecule has 0 aliphatic heterocycles. The highest BCUT2D eigenvalue weighted by molar-refractivity contribution is 5.96. The molecule has 0 fully saturated rings. The van der Waals surface area contributed by atoms with Crippen LogP contribution < -0.4 is 5.32 Å². The average molecular weight is 387 g/mol. The van der Waals surface area contributed by atoms with Gasteiger partial charge in [0, 0.05) is 5.56 Å². The third kappa shape index (κ3) is 8.93. The number of benzene rings is 1. The molecule has 1 unspecified atom stereocenters. The summed E-state index contributed by atoms with van der Waals surface area (Å²) in [6.07, 6.45) is 3.12. The molecule has 0 aliphatic rings. The summed E-state index contributed by atoms with van der Waals surface area (Å²) in [6, 6.07) is 3.13. The lowest BCUT2D eigenvalue weighted by Crippen LogP contribution is -2.39. The van der Waals surface area contributed by atoms with Crippen molar-refractivity contribution in [2.24, 2.45) is 0 Å². The summed E-state index contributed by atoms with van der Waals surface area (Å²) in [5.74, 6) is -1.34. The van der Waals surface area contributed by atoms with Crippen LogP contribution in [0.5, 0.6) is 0 Å². The van der Waals surface area contributed by atoms with E-state index in [0.29, 0.717) is 0 Å². The van der Waals surface area contributed by atoms with Crippen molar-refractivity contribution in [2.75, 3.05) is 6.61 Å². The number of alkyl halides is 3. The molecule has 152 valence electrons. The van der Waals surface area contributed by atoms with Crippen LogP contribution in [0.25, 0.3) is 0 Å². The van der Waals surface area contributed by atoms with Gasteiger partial charge in [-0.1, -0.05) is 51.5 Å². The first-order valence-electron chi connectivity index (χ1n) is 9.40. The highest BCUT2D eigenvalue weighted by atomic mass is 19.4. The first kappa shape index (κ1) is 23.0. The van der Waals surface area contributed by atoms with Crippen LogP contribution in [0.1, 0.15) is 74.7 Å². The summed E-state index contributed by atoms with van der Waals surface area (Å²) in [4.78, 5) is 23.9. The van der Waals surface area contributed by atoms with Gasteiger partial charge in [0.25, 0.3) is 5.91 Å². The molecule has 0 aliphatic carbocycles. The molecular formula is C20H28F3NO3. The van der Waals surface area contributed by atoms with E-state index in [-0.39, 0.29) is 12.2 Å². The van der Waals surface area contributed by atoms with Crippen molar-refractivity contribution in [3.8, 4) is 0 Å². The van der Waals surface area contributed by atoms with Crippen LogP contribution in [-0.4, -0.2) is 24.5 Å². The Labute approximate surface area is 158 Å². The number of amides is 1. The molecule has 1 atom stereocenters. The van der Waals surface area contributed by atoms with Gasteiger partial charge in [0.05, 0.1) is 12.2 Å². The Kier molecular flexibility index (Phi) is 9.89. The van der Waals surface area contributed by atoms with Gasteiger partial charge in [0.15, 0.2) is 0 Å². The Morgan fingerprint density at radius 3 is 2.33 bits per heavy atom. The van der Waals surface area contributed by atoms with Gasteiger partial charge in [0.1, 0.15) is 6.04 Å². The number of carbonyl (C=O) groups is 2. The monoisotopic (exact) mass is 387 g/mol. The van der Waals surface area contributed by atoms with E-state index in [2.05, 4.69) is 12.2 Å². The maximum absolute atomic E-state index is 12.7. The predicted octanol–water partition coefficient (Wildman–Crippen LogP) is 5.12. The quantitative estimate of drug-likeness (QED) is 0.424. The van der Waals surface area contributed by atoms with Gasteiger partial charge in [0.2, 0.25) is 0 Å². The van der Waals surface area contributed by atoms with Crippen molar-refractivity contribution in [1.29, 1.82) is 0 Å². The minimum Gasteiger partial charge on any atom is -0.464 e. The standard InChI is InChI=1S/C20H28F3NO3/c1-3-4-5-6-7-8-9-13-27-19(26)15(2)24-18(25)16-11-10-12-17(14-16)20(21,22)23/h10-12,14-15H,3-9,13H2,1-2H3,(H,24,25). The molecule has 0 bridgehead atoms. The van der Waals surface area contributed by atoms with Crippen molar-refractivity contribution >= 4 is 11.9 Å². The van der Waals surface area contributed by atoms with E-state index in [9.17, 15) is 22.8 Å². The molecule has 4 nitrogen and oxygen atoms in total. The first-order chi connectivity index (χ1) is 12.8. The second kappa shape index (κ2) is 11.6. The minimum absolute atomic E-state index is 0.156. The van der Waals surface area contributed by atoms with Gasteiger partial charge < -0.3 is 10.1 Å². The summed E-state index contributed by atoms with van der Waals surface area (Å²) in [7, 11) is 0. The third-order valence-corrected chi connectivity index (χ3v) is 4.15. The Balaban J connectivity index is 2.35. The Morgan fingerprint density at radius 1 is 1.07 bits per heavy atom. The molecule has 0 saturated carbocycles. The van der Waals surface area contributed by atoms with Gasteiger partial charge in [-0.3, -0.25) is 4.79 Å². The summed E-state index contributed by atoms with van der Waals surface area (Å²) < 4.78 is 43.2. The maximum Gasteiger partial charge on any atom is 0.416 e. The number of ether oxygens (including phenoxy) is 1. The van der Waals surface area contributed by atoms with E-state index in [0.717, 1.165) is 37.5 Å². The summed E-state index contributed by atoms with van der Waals surface area (Å²) in [5.41, 5.74) is -1.07. The number of esters is 1. The van der Waals surface area contributed by atoms with Crippen molar-refractivity contribution in [3.05, 3.63) is 35.4 Å². The fourth-order valence-corrected chi connectivity index (χ4v) is 2.53. The fraction of sp³-hybridized carbons (Fsp3) is 0.600. The second-order valence-electron chi connectivity index (χ2n) is 6.56. The van der Waals surface area contributed by atoms with Gasteiger partial charge in [-0.15, -0.1) is 0 Å². The third-order valence-electron chi connectivity index (χ3n) is 4.15. The molecule has 0 spiro atoms. The number of carbonyl (C=O) groups excluding carboxylic acids is 2. The number of halogens is 3. The zero-order valence-corrected chi connectivity index (χ0v) is 15.9. The maximum atomic E-state index is 12.7. The zero-order valence-electron chi connectivity index (χ0n) is 15.9. The van der Waals surface area contributed by atoms with Gasteiger partial charge >= 0.3 is 12.1 Å². The second-order valence-corrected chi connectivity index (χ2v) is 6.56. The predicted molar refractivity (Wildman–Crippen MR) is 97.3 cm³/mol. The average Bonchev–Trinajstić information content (AvgIpc) is 2.63. The summed E-state index contributed by atoms with van der Waals surface area (Å²) in [5, 5.41) is 2.37. The van der Waals surface area contributed by atoms with Crippen LogP contribution in [0.15, 0.2) is 24.3 Å². The molecule has 1 aromatic rings. The van der Waals surface area contributed by atoms with Crippen LogP contribution in [0.2, 0.25) is 0 Å². The van der Waals surface area contributed by atoms with E-state index < -0.39 is 29.7 Å². The number of hydrogen-bond donors (Lipinski definition) is 1. The number of rotatable bonds is 11. The number of unbranched alkanes of at least 4 members (excludes halogenated alkanes) is 6. The smallest absolute Gasteiger partial charge is 0.416 e. The van der Waals surface area contributed by atoms with Crippen LogP contribution in [0.3, 0.4) is 0 Å². The van der Waals surface area contributed by atoms with Crippen molar-refractivity contribution in [2.45, 2.75) is 71.0 Å². The van der Waals surface area contributed by atoms with Gasteiger partial charge in [-0.25, -0.2) is 4.79 Å².